The van der Waals surface area contributed by atoms with Crippen LogP contribution in [0.4, 0.5) is 13.2 Å². The van der Waals surface area contributed by atoms with E-state index in [1.54, 1.807) is 18.0 Å². The van der Waals surface area contributed by atoms with E-state index >= 15 is 0 Å². The third-order valence-electron chi connectivity index (χ3n) is 5.05. The van der Waals surface area contributed by atoms with Crippen molar-refractivity contribution in [3.63, 3.8) is 0 Å². The summed E-state index contributed by atoms with van der Waals surface area (Å²) in [6.07, 6.45) is -3.34. The minimum atomic E-state index is -4.72. The molecule has 0 bridgehead atoms. The summed E-state index contributed by atoms with van der Waals surface area (Å²) < 4.78 is 41.7. The molecule has 0 heterocycles. The maximum absolute atomic E-state index is 12.5. The Bertz CT molecular complexity index is 823. The molecule has 1 N–H and O–H groups in total. The number of nitrogens with zero attached hydrogens (tertiary/aromatic N) is 1. The van der Waals surface area contributed by atoms with Gasteiger partial charge in [0, 0.05) is 12.5 Å². The fraction of sp³-hybridized carbons (Fsp3) is 0.381. The predicted molar refractivity (Wildman–Crippen MR) is 98.4 cm³/mol. The molecule has 0 saturated heterocycles. The van der Waals surface area contributed by atoms with Crippen LogP contribution in [0.1, 0.15) is 29.0 Å². The maximum atomic E-state index is 12.5. The number of carboxylic acids is 1. The second-order valence-electron chi connectivity index (χ2n) is 7.19. The van der Waals surface area contributed by atoms with E-state index in [0.29, 0.717) is 13.0 Å². The summed E-state index contributed by atoms with van der Waals surface area (Å²) in [5.41, 5.74) is 2.88. The number of ether oxygens (including phenoxy) is 1. The van der Waals surface area contributed by atoms with Crippen molar-refractivity contribution in [1.82, 2.24) is 4.90 Å². The van der Waals surface area contributed by atoms with Gasteiger partial charge in [0.15, 0.2) is 0 Å². The molecule has 2 atom stereocenters. The second-order valence-corrected chi connectivity index (χ2v) is 7.19. The molecule has 1 aliphatic carbocycles. The first-order valence-corrected chi connectivity index (χ1v) is 9.07. The molecule has 1 aliphatic rings. The van der Waals surface area contributed by atoms with Crippen molar-refractivity contribution in [2.24, 2.45) is 5.92 Å². The van der Waals surface area contributed by atoms with Crippen molar-refractivity contribution in [2.75, 3.05) is 20.1 Å². The largest absolute Gasteiger partial charge is 0.573 e. The number of carboxylic acid groups (broad SMARTS) is 1. The van der Waals surface area contributed by atoms with E-state index in [2.05, 4.69) is 4.74 Å². The van der Waals surface area contributed by atoms with Gasteiger partial charge in [-0.05, 0) is 54.6 Å². The van der Waals surface area contributed by atoms with E-state index in [1.807, 2.05) is 30.3 Å². The lowest BCUT2D eigenvalue weighted by Crippen LogP contribution is -2.35. The lowest BCUT2D eigenvalue weighted by molar-refractivity contribution is -0.274. The lowest BCUT2D eigenvalue weighted by atomic mass is 9.71. The van der Waals surface area contributed by atoms with Crippen molar-refractivity contribution >= 4 is 5.97 Å². The van der Waals surface area contributed by atoms with Gasteiger partial charge in [-0.15, -0.1) is 13.2 Å². The molecule has 0 aromatic heterocycles. The minimum absolute atomic E-state index is 0.0128. The minimum Gasteiger partial charge on any atom is -0.480 e. The summed E-state index contributed by atoms with van der Waals surface area (Å²) in [5.74, 6) is -0.946. The van der Waals surface area contributed by atoms with Crippen molar-refractivity contribution in [2.45, 2.75) is 25.1 Å². The van der Waals surface area contributed by atoms with Crippen LogP contribution in [0.2, 0.25) is 0 Å². The monoisotopic (exact) mass is 393 g/mol. The Morgan fingerprint density at radius 1 is 1.21 bits per heavy atom. The van der Waals surface area contributed by atoms with Crippen LogP contribution in [0, 0.1) is 5.92 Å². The number of halogens is 3. The molecule has 7 heteroatoms. The maximum Gasteiger partial charge on any atom is 0.573 e. The van der Waals surface area contributed by atoms with Gasteiger partial charge in [-0.3, -0.25) is 9.69 Å². The SMILES string of the molecule is CN(CC(=O)O)C[C@H]1CCc2cc(OC(F)(F)F)ccc2[C@H]1c1ccccc1. The molecular weight excluding hydrogens is 371 g/mol. The highest BCUT2D eigenvalue weighted by molar-refractivity contribution is 5.69. The topological polar surface area (TPSA) is 49.8 Å². The van der Waals surface area contributed by atoms with Crippen LogP contribution in [-0.4, -0.2) is 42.5 Å². The van der Waals surface area contributed by atoms with Gasteiger partial charge in [-0.2, -0.15) is 0 Å². The smallest absolute Gasteiger partial charge is 0.480 e. The van der Waals surface area contributed by atoms with Gasteiger partial charge >= 0.3 is 12.3 Å². The summed E-state index contributed by atoms with van der Waals surface area (Å²) in [7, 11) is 1.77. The van der Waals surface area contributed by atoms with Crippen LogP contribution in [0.15, 0.2) is 48.5 Å². The Balaban J connectivity index is 1.92. The lowest BCUT2D eigenvalue weighted by Gasteiger charge is -2.36. The Morgan fingerprint density at radius 2 is 1.93 bits per heavy atom. The van der Waals surface area contributed by atoms with Crippen LogP contribution in [0.5, 0.6) is 5.75 Å². The Hall–Kier alpha value is -2.54. The second kappa shape index (κ2) is 8.22. The first-order chi connectivity index (χ1) is 13.2. The van der Waals surface area contributed by atoms with Crippen molar-refractivity contribution < 1.29 is 27.8 Å². The fourth-order valence-electron chi connectivity index (χ4n) is 4.07. The Labute approximate surface area is 161 Å². The number of likely N-dealkylation sites (N-methyl/N-ethyl adjacent to an activating group) is 1. The fourth-order valence-corrected chi connectivity index (χ4v) is 4.07. The number of benzene rings is 2. The van der Waals surface area contributed by atoms with E-state index in [9.17, 15) is 18.0 Å². The molecule has 0 aliphatic heterocycles. The number of alkyl halides is 3. The number of fused-ring (bicyclic) bond motifs is 1. The van der Waals surface area contributed by atoms with Crippen LogP contribution < -0.4 is 4.74 Å². The number of carbonyl (C=O) groups is 1. The predicted octanol–water partition coefficient (Wildman–Crippen LogP) is 4.30. The van der Waals surface area contributed by atoms with Crippen LogP contribution in [-0.2, 0) is 11.2 Å². The third-order valence-corrected chi connectivity index (χ3v) is 5.05. The third kappa shape index (κ3) is 5.04. The van der Waals surface area contributed by atoms with Crippen molar-refractivity contribution in [3.05, 3.63) is 65.2 Å². The molecule has 2 aromatic carbocycles. The molecule has 4 nitrogen and oxygen atoms in total. The van der Waals surface area contributed by atoms with Crippen LogP contribution >= 0.6 is 0 Å². The molecule has 28 heavy (non-hydrogen) atoms. The zero-order valence-corrected chi connectivity index (χ0v) is 15.4. The van der Waals surface area contributed by atoms with Gasteiger partial charge in [0.25, 0.3) is 0 Å². The highest BCUT2D eigenvalue weighted by Crippen LogP contribution is 2.42. The van der Waals surface area contributed by atoms with Gasteiger partial charge in [0.1, 0.15) is 5.75 Å². The standard InChI is InChI=1S/C21H22F3NO3/c1-25(13-19(26)27)12-16-8-7-15-11-17(28-21(22,23)24)9-10-18(15)20(16)14-5-3-2-4-6-14/h2-6,9-11,16,20H,7-8,12-13H2,1H3,(H,26,27)/t16-,20+/m1/s1. The molecule has 0 spiro atoms. The summed E-state index contributed by atoms with van der Waals surface area (Å²) >= 11 is 0. The van der Waals surface area contributed by atoms with Gasteiger partial charge in [-0.25, -0.2) is 0 Å². The molecule has 150 valence electrons. The molecule has 0 radical (unpaired) electrons. The van der Waals surface area contributed by atoms with Gasteiger partial charge in [0.2, 0.25) is 0 Å². The normalized spacial score (nSPS) is 19.3. The number of hydrogen-bond acceptors (Lipinski definition) is 3. The number of hydrogen-bond donors (Lipinski definition) is 1. The zero-order chi connectivity index (χ0) is 20.3. The molecular formula is C21H22F3NO3. The molecule has 0 unspecified atom stereocenters. The zero-order valence-electron chi connectivity index (χ0n) is 15.4. The molecule has 3 rings (SSSR count). The molecule has 0 saturated carbocycles. The molecule has 0 amide bonds. The highest BCUT2D eigenvalue weighted by atomic mass is 19.4. The van der Waals surface area contributed by atoms with Gasteiger partial charge < -0.3 is 9.84 Å². The highest BCUT2D eigenvalue weighted by Gasteiger charge is 2.34. The van der Waals surface area contributed by atoms with E-state index in [0.717, 1.165) is 23.1 Å². The molecule has 0 fully saturated rings. The summed E-state index contributed by atoms with van der Waals surface area (Å²) in [4.78, 5) is 12.8. The Kier molecular flexibility index (Phi) is 5.93. The van der Waals surface area contributed by atoms with Gasteiger partial charge in [0.05, 0.1) is 6.54 Å². The van der Waals surface area contributed by atoms with E-state index in [4.69, 9.17) is 5.11 Å². The number of aryl methyl sites for hydroxylation is 1. The van der Waals surface area contributed by atoms with Crippen molar-refractivity contribution in [3.8, 4) is 5.75 Å². The van der Waals surface area contributed by atoms with E-state index in [1.165, 1.54) is 12.1 Å². The van der Waals surface area contributed by atoms with Crippen molar-refractivity contribution in [1.29, 1.82) is 0 Å². The number of rotatable bonds is 6. The van der Waals surface area contributed by atoms with E-state index in [-0.39, 0.29) is 24.1 Å². The first-order valence-electron chi connectivity index (χ1n) is 9.07. The van der Waals surface area contributed by atoms with Gasteiger partial charge in [-0.1, -0.05) is 36.4 Å². The first kappa shape index (κ1) is 20.2. The summed E-state index contributed by atoms with van der Waals surface area (Å²) in [6, 6.07) is 14.3. The summed E-state index contributed by atoms with van der Waals surface area (Å²) in [5, 5.41) is 9.03. The van der Waals surface area contributed by atoms with E-state index < -0.39 is 12.3 Å². The molecule has 2 aromatic rings. The van der Waals surface area contributed by atoms with Crippen LogP contribution in [0.25, 0.3) is 0 Å². The average molecular weight is 393 g/mol. The quantitative estimate of drug-likeness (QED) is 0.795. The Morgan fingerprint density at radius 3 is 2.57 bits per heavy atom. The average Bonchev–Trinajstić information content (AvgIpc) is 2.60. The van der Waals surface area contributed by atoms with Crippen LogP contribution in [0.3, 0.4) is 0 Å². The summed E-state index contributed by atoms with van der Waals surface area (Å²) in [6.45, 7) is 0.537. The number of aliphatic carboxylic acids is 1.